The first-order valence-corrected chi connectivity index (χ1v) is 4.75. The largest absolute Gasteiger partial charge is 0.368 e. The van der Waals surface area contributed by atoms with Crippen molar-refractivity contribution < 1.29 is 9.72 Å². The molecule has 0 spiro atoms. The number of nitro groups is 1. The molecule has 1 heterocycles. The van der Waals surface area contributed by atoms with E-state index in [4.69, 9.17) is 11.5 Å². The molecule has 1 aromatic rings. The van der Waals surface area contributed by atoms with Gasteiger partial charge in [-0.25, -0.2) is 4.98 Å². The zero-order valence-electron chi connectivity index (χ0n) is 9.16. The fraction of sp³-hybridized carbons (Fsp3) is 0.375. The molecule has 0 aromatic carbocycles. The van der Waals surface area contributed by atoms with Gasteiger partial charge in [-0.3, -0.25) is 14.9 Å². The Kier molecular flexibility index (Phi) is 3.75. The van der Waals surface area contributed by atoms with E-state index in [2.05, 4.69) is 9.97 Å². The van der Waals surface area contributed by atoms with E-state index in [0.29, 0.717) is 6.54 Å². The van der Waals surface area contributed by atoms with Crippen molar-refractivity contribution in [2.24, 2.45) is 5.73 Å². The molecule has 0 fully saturated rings. The second kappa shape index (κ2) is 5.05. The maximum atomic E-state index is 10.8. The summed E-state index contributed by atoms with van der Waals surface area (Å²) in [6, 6.07) is 0. The zero-order chi connectivity index (χ0) is 13.0. The average molecular weight is 240 g/mol. The summed E-state index contributed by atoms with van der Waals surface area (Å²) in [5.74, 6) is -0.726. The first kappa shape index (κ1) is 12.6. The third-order valence-corrected chi connectivity index (χ3v) is 1.99. The van der Waals surface area contributed by atoms with Gasteiger partial charge in [-0.1, -0.05) is 0 Å². The molecule has 92 valence electrons. The lowest BCUT2D eigenvalue weighted by atomic mass is 10.4. The number of primary amides is 1. The second-order valence-corrected chi connectivity index (χ2v) is 3.17. The Balaban J connectivity index is 3.20. The smallest absolute Gasteiger partial charge is 0.329 e. The molecule has 0 saturated heterocycles. The van der Waals surface area contributed by atoms with Gasteiger partial charge in [0.2, 0.25) is 17.7 Å². The lowest BCUT2D eigenvalue weighted by Gasteiger charge is -2.19. The third kappa shape index (κ3) is 3.00. The van der Waals surface area contributed by atoms with E-state index in [1.807, 2.05) is 0 Å². The standard InChI is InChI=1S/C8H12N6O3/c1-2-13(4-6(9)15)7-5(14(16)17)3-11-8(10)12-7/h3H,2,4H2,1H3,(H2,9,15)(H2,10,11,12). The number of amides is 1. The van der Waals surface area contributed by atoms with E-state index in [1.54, 1.807) is 6.92 Å². The van der Waals surface area contributed by atoms with Gasteiger partial charge in [0.25, 0.3) is 0 Å². The van der Waals surface area contributed by atoms with E-state index in [-0.39, 0.29) is 24.0 Å². The summed E-state index contributed by atoms with van der Waals surface area (Å²) in [7, 11) is 0. The van der Waals surface area contributed by atoms with Crippen LogP contribution in [0, 0.1) is 10.1 Å². The fourth-order valence-corrected chi connectivity index (χ4v) is 1.27. The number of carbonyl (C=O) groups is 1. The number of nitrogen functional groups attached to an aromatic ring is 1. The van der Waals surface area contributed by atoms with Crippen molar-refractivity contribution >= 4 is 23.4 Å². The Morgan fingerprint density at radius 2 is 2.29 bits per heavy atom. The molecule has 0 aliphatic heterocycles. The Hall–Kier alpha value is -2.45. The maximum absolute atomic E-state index is 10.8. The van der Waals surface area contributed by atoms with Crippen LogP contribution in [0.5, 0.6) is 0 Å². The van der Waals surface area contributed by atoms with Gasteiger partial charge in [0.05, 0.1) is 11.5 Å². The van der Waals surface area contributed by atoms with Gasteiger partial charge < -0.3 is 16.4 Å². The number of likely N-dealkylation sites (N-methyl/N-ethyl adjacent to an activating group) is 1. The minimum absolute atomic E-state index is 0.0104. The molecule has 0 aliphatic rings. The van der Waals surface area contributed by atoms with Gasteiger partial charge in [-0.05, 0) is 6.92 Å². The van der Waals surface area contributed by atoms with Crippen molar-refractivity contribution in [1.82, 2.24) is 9.97 Å². The topological polar surface area (TPSA) is 141 Å². The van der Waals surface area contributed by atoms with Crippen LogP contribution in [-0.2, 0) is 4.79 Å². The van der Waals surface area contributed by atoms with Gasteiger partial charge in [0, 0.05) is 6.54 Å². The summed E-state index contributed by atoms with van der Waals surface area (Å²) in [4.78, 5) is 29.6. The molecule has 0 unspecified atom stereocenters. The molecule has 9 nitrogen and oxygen atoms in total. The van der Waals surface area contributed by atoms with Crippen molar-refractivity contribution in [3.63, 3.8) is 0 Å². The third-order valence-electron chi connectivity index (χ3n) is 1.99. The van der Waals surface area contributed by atoms with E-state index in [9.17, 15) is 14.9 Å². The monoisotopic (exact) mass is 240 g/mol. The van der Waals surface area contributed by atoms with Gasteiger partial charge in [-0.15, -0.1) is 0 Å². The van der Waals surface area contributed by atoms with Gasteiger partial charge >= 0.3 is 5.69 Å². The SMILES string of the molecule is CCN(CC(N)=O)c1nc(N)ncc1[N+](=O)[O-]. The molecule has 4 N–H and O–H groups in total. The van der Waals surface area contributed by atoms with Gasteiger partial charge in [0.15, 0.2) is 0 Å². The van der Waals surface area contributed by atoms with Crippen LogP contribution in [0.3, 0.4) is 0 Å². The molecule has 1 amide bonds. The van der Waals surface area contributed by atoms with Crippen LogP contribution in [0.25, 0.3) is 0 Å². The van der Waals surface area contributed by atoms with Crippen LogP contribution in [-0.4, -0.2) is 33.9 Å². The number of anilines is 2. The molecule has 0 bridgehead atoms. The van der Waals surface area contributed by atoms with Crippen molar-refractivity contribution in [1.29, 1.82) is 0 Å². The molecular formula is C8H12N6O3. The number of hydrogen-bond donors (Lipinski definition) is 2. The van der Waals surface area contributed by atoms with Crippen molar-refractivity contribution in [3.05, 3.63) is 16.3 Å². The van der Waals surface area contributed by atoms with Gasteiger partial charge in [0.1, 0.15) is 6.20 Å². The predicted octanol–water partition coefficient (Wildman–Crippen LogP) is -0.721. The van der Waals surface area contributed by atoms with Crippen LogP contribution < -0.4 is 16.4 Å². The summed E-state index contributed by atoms with van der Waals surface area (Å²) >= 11 is 0. The highest BCUT2D eigenvalue weighted by Gasteiger charge is 2.22. The first-order chi connectivity index (χ1) is 7.95. The highest BCUT2D eigenvalue weighted by Crippen LogP contribution is 2.24. The summed E-state index contributed by atoms with van der Waals surface area (Å²) in [6.07, 6.45) is 1.00. The Morgan fingerprint density at radius 1 is 1.65 bits per heavy atom. The molecule has 17 heavy (non-hydrogen) atoms. The minimum atomic E-state index is -0.640. The molecule has 1 rings (SSSR count). The summed E-state index contributed by atoms with van der Waals surface area (Å²) < 4.78 is 0. The number of nitrogens with zero attached hydrogens (tertiary/aromatic N) is 4. The van der Waals surface area contributed by atoms with Gasteiger partial charge in [-0.2, -0.15) is 4.98 Å². The second-order valence-electron chi connectivity index (χ2n) is 3.17. The lowest BCUT2D eigenvalue weighted by Crippen LogP contribution is -2.34. The molecular weight excluding hydrogens is 228 g/mol. The predicted molar refractivity (Wildman–Crippen MR) is 60.2 cm³/mol. The van der Waals surface area contributed by atoms with Crippen LogP contribution in [0.1, 0.15) is 6.92 Å². The average Bonchev–Trinajstić information content (AvgIpc) is 2.25. The molecule has 1 aromatic heterocycles. The summed E-state index contributed by atoms with van der Waals surface area (Å²) in [5.41, 5.74) is 10.1. The molecule has 0 radical (unpaired) electrons. The molecule has 0 saturated carbocycles. The number of rotatable bonds is 5. The molecule has 0 atom stereocenters. The molecule has 0 aliphatic carbocycles. The number of hydrogen-bond acceptors (Lipinski definition) is 7. The normalized spacial score (nSPS) is 9.94. The van der Waals surface area contributed by atoms with E-state index < -0.39 is 10.8 Å². The Labute approximate surface area is 96.6 Å². The number of nitrogens with two attached hydrogens (primary N) is 2. The van der Waals surface area contributed by atoms with E-state index >= 15 is 0 Å². The minimum Gasteiger partial charge on any atom is -0.368 e. The van der Waals surface area contributed by atoms with E-state index in [0.717, 1.165) is 6.20 Å². The highest BCUT2D eigenvalue weighted by molar-refractivity contribution is 5.80. The number of carbonyl (C=O) groups excluding carboxylic acids is 1. The lowest BCUT2D eigenvalue weighted by molar-refractivity contribution is -0.384. The van der Waals surface area contributed by atoms with Crippen LogP contribution in [0.2, 0.25) is 0 Å². The Bertz CT molecular complexity index is 449. The maximum Gasteiger partial charge on any atom is 0.329 e. The first-order valence-electron chi connectivity index (χ1n) is 4.75. The van der Waals surface area contributed by atoms with E-state index in [1.165, 1.54) is 4.90 Å². The van der Waals surface area contributed by atoms with Crippen LogP contribution >= 0.6 is 0 Å². The quantitative estimate of drug-likeness (QED) is 0.510. The van der Waals surface area contributed by atoms with Crippen molar-refractivity contribution in [3.8, 4) is 0 Å². The van der Waals surface area contributed by atoms with Crippen molar-refractivity contribution in [2.45, 2.75) is 6.92 Å². The van der Waals surface area contributed by atoms with Crippen LogP contribution in [0.15, 0.2) is 6.20 Å². The number of aromatic nitrogens is 2. The summed E-state index contributed by atoms with van der Waals surface area (Å²) in [5, 5.41) is 10.8. The highest BCUT2D eigenvalue weighted by atomic mass is 16.6. The fourth-order valence-electron chi connectivity index (χ4n) is 1.27. The molecule has 9 heteroatoms. The summed E-state index contributed by atoms with van der Waals surface area (Å²) in [6.45, 7) is 1.87. The van der Waals surface area contributed by atoms with Crippen LogP contribution in [0.4, 0.5) is 17.5 Å². The van der Waals surface area contributed by atoms with Crippen molar-refractivity contribution in [2.75, 3.05) is 23.7 Å². The zero-order valence-corrected chi connectivity index (χ0v) is 9.16. The Morgan fingerprint density at radius 3 is 2.76 bits per heavy atom.